The third kappa shape index (κ3) is 3.97. The molecule has 0 unspecified atom stereocenters. The number of nitrogens with two attached hydrogens (primary N) is 1. The summed E-state index contributed by atoms with van der Waals surface area (Å²) in [7, 11) is 0. The number of halogens is 3. The van der Waals surface area contributed by atoms with E-state index in [1.807, 2.05) is 6.92 Å². The Morgan fingerprint density at radius 3 is 2.25 bits per heavy atom. The molecule has 7 heteroatoms. The fourth-order valence-corrected chi connectivity index (χ4v) is 1.68. The van der Waals surface area contributed by atoms with Crippen molar-refractivity contribution >= 4 is 11.8 Å². The Kier molecular flexibility index (Phi) is 5.54. The molecule has 0 heterocycles. The maximum atomic E-state index is 13.4. The lowest BCUT2D eigenvalue weighted by atomic mass is 10.1. The largest absolute Gasteiger partial charge is 0.368 e. The van der Waals surface area contributed by atoms with E-state index in [0.717, 1.165) is 6.42 Å². The summed E-state index contributed by atoms with van der Waals surface area (Å²) in [6.45, 7) is 1.87. The molecule has 0 saturated carbocycles. The number of carbonyl (C=O) groups excluding carboxylic acids is 2. The fourth-order valence-electron chi connectivity index (χ4n) is 1.68. The molecule has 0 saturated heterocycles. The first-order valence-corrected chi connectivity index (χ1v) is 6.11. The van der Waals surface area contributed by atoms with Crippen molar-refractivity contribution in [1.29, 1.82) is 0 Å². The van der Waals surface area contributed by atoms with E-state index in [1.54, 1.807) is 0 Å². The molecule has 0 bridgehead atoms. The average Bonchev–Trinajstić information content (AvgIpc) is 2.32. The number of amides is 2. The number of carbonyl (C=O) groups is 2. The molecule has 0 fully saturated rings. The second kappa shape index (κ2) is 6.93. The Hall–Kier alpha value is -2.05. The van der Waals surface area contributed by atoms with Crippen molar-refractivity contribution in [2.75, 3.05) is 0 Å². The van der Waals surface area contributed by atoms with Gasteiger partial charge in [-0.3, -0.25) is 9.59 Å². The first-order valence-electron chi connectivity index (χ1n) is 6.11. The topological polar surface area (TPSA) is 72.2 Å². The average molecular weight is 288 g/mol. The monoisotopic (exact) mass is 288 g/mol. The van der Waals surface area contributed by atoms with Gasteiger partial charge in [0.1, 0.15) is 29.1 Å². The van der Waals surface area contributed by atoms with Crippen LogP contribution in [0.5, 0.6) is 0 Å². The van der Waals surface area contributed by atoms with Crippen LogP contribution in [-0.2, 0) is 4.79 Å². The highest BCUT2D eigenvalue weighted by molar-refractivity contribution is 5.97. The molecule has 20 heavy (non-hydrogen) atoms. The summed E-state index contributed by atoms with van der Waals surface area (Å²) in [5, 5.41) is 2.15. The van der Waals surface area contributed by atoms with Gasteiger partial charge in [-0.15, -0.1) is 0 Å². The molecule has 110 valence electrons. The first-order chi connectivity index (χ1) is 9.36. The van der Waals surface area contributed by atoms with Crippen LogP contribution in [0.2, 0.25) is 0 Å². The molecule has 0 radical (unpaired) electrons. The van der Waals surface area contributed by atoms with Gasteiger partial charge in [-0.05, 0) is 6.42 Å². The van der Waals surface area contributed by atoms with Gasteiger partial charge >= 0.3 is 0 Å². The third-order valence-corrected chi connectivity index (χ3v) is 2.73. The van der Waals surface area contributed by atoms with Gasteiger partial charge in [0.05, 0.1) is 0 Å². The first kappa shape index (κ1) is 16.0. The molecule has 1 rings (SSSR count). The summed E-state index contributed by atoms with van der Waals surface area (Å²) in [4.78, 5) is 22.9. The van der Waals surface area contributed by atoms with Crippen molar-refractivity contribution in [1.82, 2.24) is 5.32 Å². The van der Waals surface area contributed by atoms with Crippen LogP contribution in [0.15, 0.2) is 12.1 Å². The van der Waals surface area contributed by atoms with Crippen molar-refractivity contribution in [3.63, 3.8) is 0 Å². The number of benzene rings is 1. The normalized spacial score (nSPS) is 12.0. The number of unbranched alkanes of at least 4 members (excludes halogenated alkanes) is 1. The number of hydrogen-bond acceptors (Lipinski definition) is 2. The second-order valence-electron chi connectivity index (χ2n) is 4.32. The minimum Gasteiger partial charge on any atom is -0.368 e. The number of rotatable bonds is 6. The van der Waals surface area contributed by atoms with E-state index in [2.05, 4.69) is 5.32 Å². The van der Waals surface area contributed by atoms with Gasteiger partial charge in [0.25, 0.3) is 5.91 Å². The zero-order valence-electron chi connectivity index (χ0n) is 10.9. The SMILES string of the molecule is CCCC[C@H](NC(=O)c1c(F)cc(F)cc1F)C(N)=O. The van der Waals surface area contributed by atoms with E-state index < -0.39 is 40.9 Å². The van der Waals surface area contributed by atoms with E-state index in [0.29, 0.717) is 18.6 Å². The Labute approximate surface area is 114 Å². The summed E-state index contributed by atoms with van der Waals surface area (Å²) < 4.78 is 39.6. The summed E-state index contributed by atoms with van der Waals surface area (Å²) >= 11 is 0. The van der Waals surface area contributed by atoms with Gasteiger partial charge in [-0.1, -0.05) is 19.8 Å². The van der Waals surface area contributed by atoms with Gasteiger partial charge in [0.2, 0.25) is 5.91 Å². The lowest BCUT2D eigenvalue weighted by Crippen LogP contribution is -2.44. The van der Waals surface area contributed by atoms with Gasteiger partial charge in [-0.2, -0.15) is 0 Å². The number of nitrogens with one attached hydrogen (secondary N) is 1. The highest BCUT2D eigenvalue weighted by atomic mass is 19.1. The van der Waals surface area contributed by atoms with Crippen LogP contribution in [0, 0.1) is 17.5 Å². The van der Waals surface area contributed by atoms with Crippen molar-refractivity contribution in [3.05, 3.63) is 35.1 Å². The molecule has 0 aliphatic heterocycles. The molecular formula is C13H15F3N2O2. The Morgan fingerprint density at radius 2 is 1.80 bits per heavy atom. The van der Waals surface area contributed by atoms with Gasteiger partial charge in [0, 0.05) is 12.1 Å². The molecule has 1 atom stereocenters. The molecule has 0 spiro atoms. The van der Waals surface area contributed by atoms with Crippen molar-refractivity contribution < 1.29 is 22.8 Å². The molecule has 2 amide bonds. The maximum absolute atomic E-state index is 13.4. The van der Waals surface area contributed by atoms with Gasteiger partial charge < -0.3 is 11.1 Å². The van der Waals surface area contributed by atoms with E-state index in [9.17, 15) is 22.8 Å². The summed E-state index contributed by atoms with van der Waals surface area (Å²) in [6, 6.07) is -0.238. The van der Waals surface area contributed by atoms with E-state index in [4.69, 9.17) is 5.73 Å². The molecule has 1 aromatic rings. The summed E-state index contributed by atoms with van der Waals surface area (Å²) in [6.07, 6.45) is 1.64. The lowest BCUT2D eigenvalue weighted by molar-refractivity contribution is -0.120. The van der Waals surface area contributed by atoms with Gasteiger partial charge in [-0.25, -0.2) is 13.2 Å². The molecule has 0 aliphatic rings. The van der Waals surface area contributed by atoms with Crippen LogP contribution in [0.25, 0.3) is 0 Å². The molecular weight excluding hydrogens is 273 g/mol. The molecule has 1 aromatic carbocycles. The highest BCUT2D eigenvalue weighted by Gasteiger charge is 2.23. The Bertz CT molecular complexity index is 497. The summed E-state index contributed by atoms with van der Waals surface area (Å²) in [5.74, 6) is -5.74. The Morgan fingerprint density at radius 1 is 1.25 bits per heavy atom. The van der Waals surface area contributed by atoms with Crippen LogP contribution in [0.3, 0.4) is 0 Å². The van der Waals surface area contributed by atoms with E-state index >= 15 is 0 Å². The number of primary amides is 1. The van der Waals surface area contributed by atoms with Crippen molar-refractivity contribution in [2.24, 2.45) is 5.73 Å². The lowest BCUT2D eigenvalue weighted by Gasteiger charge is -2.15. The third-order valence-electron chi connectivity index (χ3n) is 2.73. The maximum Gasteiger partial charge on any atom is 0.257 e. The van der Waals surface area contributed by atoms with Gasteiger partial charge in [0.15, 0.2) is 0 Å². The predicted octanol–water partition coefficient (Wildman–Crippen LogP) is 1.88. The molecule has 0 aliphatic carbocycles. The standard InChI is InChI=1S/C13H15F3N2O2/c1-2-3-4-10(12(17)19)18-13(20)11-8(15)5-7(14)6-9(11)16/h5-6,10H,2-4H2,1H3,(H2,17,19)(H,18,20)/t10-/m0/s1. The highest BCUT2D eigenvalue weighted by Crippen LogP contribution is 2.15. The second-order valence-corrected chi connectivity index (χ2v) is 4.32. The zero-order valence-corrected chi connectivity index (χ0v) is 10.9. The molecule has 0 aromatic heterocycles. The van der Waals surface area contributed by atoms with E-state index in [1.165, 1.54) is 0 Å². The van der Waals surface area contributed by atoms with Crippen LogP contribution in [-0.4, -0.2) is 17.9 Å². The zero-order chi connectivity index (χ0) is 15.3. The van der Waals surface area contributed by atoms with E-state index in [-0.39, 0.29) is 6.42 Å². The Balaban J connectivity index is 2.92. The van der Waals surface area contributed by atoms with Crippen LogP contribution in [0.1, 0.15) is 36.5 Å². The van der Waals surface area contributed by atoms with Crippen LogP contribution < -0.4 is 11.1 Å². The van der Waals surface area contributed by atoms with Crippen LogP contribution >= 0.6 is 0 Å². The minimum absolute atomic E-state index is 0.266. The predicted molar refractivity (Wildman–Crippen MR) is 66.3 cm³/mol. The molecule has 3 N–H and O–H groups in total. The fraction of sp³-hybridized carbons (Fsp3) is 0.385. The van der Waals surface area contributed by atoms with Crippen LogP contribution in [0.4, 0.5) is 13.2 Å². The molecule has 4 nitrogen and oxygen atoms in total. The summed E-state index contributed by atoms with van der Waals surface area (Å²) in [5.41, 5.74) is 4.17. The quantitative estimate of drug-likeness (QED) is 0.839. The smallest absolute Gasteiger partial charge is 0.257 e. The minimum atomic E-state index is -1.33. The van der Waals surface area contributed by atoms with Crippen molar-refractivity contribution in [3.8, 4) is 0 Å². The van der Waals surface area contributed by atoms with Crippen molar-refractivity contribution in [2.45, 2.75) is 32.2 Å². The number of hydrogen-bond donors (Lipinski definition) is 2.